The van der Waals surface area contributed by atoms with E-state index < -0.39 is 17.7 Å². The number of aromatic amines is 1. The highest BCUT2D eigenvalue weighted by Crippen LogP contribution is 2.26. The lowest BCUT2D eigenvalue weighted by atomic mass is 10.1. The highest BCUT2D eigenvalue weighted by Gasteiger charge is 2.15. The molecule has 1 unspecified atom stereocenters. The van der Waals surface area contributed by atoms with E-state index in [0.717, 1.165) is 12.1 Å². The second-order valence-electron chi connectivity index (χ2n) is 4.56. The molecule has 3 aromatic rings. The number of nitrogens with zero attached hydrogens (tertiary/aromatic N) is 2. The first-order valence-corrected chi connectivity index (χ1v) is 7.66. The largest absolute Gasteiger partial charge is 0.387 e. The fraction of sp³-hybridized carbons (Fsp3) is 0.143. The number of H-pyrrole nitrogens is 1. The van der Waals surface area contributed by atoms with E-state index in [0.29, 0.717) is 21.3 Å². The van der Waals surface area contributed by atoms with Crippen molar-refractivity contribution in [1.82, 2.24) is 15.0 Å². The Labute approximate surface area is 133 Å². The van der Waals surface area contributed by atoms with Gasteiger partial charge in [-0.05, 0) is 12.1 Å². The average Bonchev–Trinajstić information content (AvgIpc) is 2.86. The average molecular weight is 342 g/mol. The second-order valence-corrected chi connectivity index (χ2v) is 6.00. The van der Waals surface area contributed by atoms with Gasteiger partial charge in [-0.15, -0.1) is 0 Å². The number of rotatable bonds is 4. The Kier molecular flexibility index (Phi) is 4.28. The van der Waals surface area contributed by atoms with E-state index in [1.165, 1.54) is 24.0 Å². The molecule has 0 spiro atoms. The number of fused-ring (bicyclic) bond motifs is 1. The molecule has 2 N–H and O–H groups in total. The number of pyridine rings is 1. The SMILES string of the molecule is OC(CSc1nc2ncc(Cl)cc2[nH]1)c1ccc(F)cc1F. The van der Waals surface area contributed by atoms with Crippen LogP contribution >= 0.6 is 23.4 Å². The molecule has 114 valence electrons. The van der Waals surface area contributed by atoms with Crippen molar-refractivity contribution in [3.8, 4) is 0 Å². The van der Waals surface area contributed by atoms with Crippen molar-refractivity contribution < 1.29 is 13.9 Å². The number of aliphatic hydroxyl groups excluding tert-OH is 1. The summed E-state index contributed by atoms with van der Waals surface area (Å²) in [5.41, 5.74) is 1.23. The smallest absolute Gasteiger partial charge is 0.178 e. The Bertz CT molecular complexity index is 827. The maximum atomic E-state index is 13.6. The molecule has 1 atom stereocenters. The Balaban J connectivity index is 1.72. The van der Waals surface area contributed by atoms with E-state index >= 15 is 0 Å². The molecule has 0 amide bonds. The van der Waals surface area contributed by atoms with Crippen LogP contribution in [0.1, 0.15) is 11.7 Å². The number of hydrogen-bond donors (Lipinski definition) is 2. The lowest BCUT2D eigenvalue weighted by molar-refractivity contribution is 0.198. The van der Waals surface area contributed by atoms with Crippen LogP contribution in [0.4, 0.5) is 8.78 Å². The normalized spacial score (nSPS) is 12.7. The van der Waals surface area contributed by atoms with Crippen LogP contribution in [0.25, 0.3) is 11.2 Å². The Morgan fingerprint density at radius 2 is 2.14 bits per heavy atom. The summed E-state index contributed by atoms with van der Waals surface area (Å²) >= 11 is 7.04. The number of aromatic nitrogens is 3. The second kappa shape index (κ2) is 6.20. The summed E-state index contributed by atoms with van der Waals surface area (Å²) in [6, 6.07) is 4.78. The summed E-state index contributed by atoms with van der Waals surface area (Å²) in [6.07, 6.45) is 0.414. The Morgan fingerprint density at radius 3 is 2.91 bits per heavy atom. The van der Waals surface area contributed by atoms with E-state index in [9.17, 15) is 13.9 Å². The van der Waals surface area contributed by atoms with Gasteiger partial charge in [-0.2, -0.15) is 0 Å². The van der Waals surface area contributed by atoms with Crippen molar-refractivity contribution in [3.63, 3.8) is 0 Å². The molecule has 0 saturated heterocycles. The molecule has 8 heteroatoms. The number of benzene rings is 1. The van der Waals surface area contributed by atoms with Crippen LogP contribution < -0.4 is 0 Å². The van der Waals surface area contributed by atoms with Crippen molar-refractivity contribution in [2.24, 2.45) is 0 Å². The molecule has 2 heterocycles. The van der Waals surface area contributed by atoms with Gasteiger partial charge < -0.3 is 10.1 Å². The quantitative estimate of drug-likeness (QED) is 0.710. The van der Waals surface area contributed by atoms with E-state index in [-0.39, 0.29) is 11.3 Å². The summed E-state index contributed by atoms with van der Waals surface area (Å²) in [4.78, 5) is 11.3. The van der Waals surface area contributed by atoms with E-state index in [4.69, 9.17) is 11.6 Å². The molecular formula is C14H10ClF2N3OS. The Morgan fingerprint density at radius 1 is 1.32 bits per heavy atom. The molecule has 0 saturated carbocycles. The molecule has 1 aromatic carbocycles. The van der Waals surface area contributed by atoms with Gasteiger partial charge in [-0.25, -0.2) is 18.7 Å². The summed E-state index contributed by atoms with van der Waals surface area (Å²) < 4.78 is 26.4. The maximum absolute atomic E-state index is 13.6. The third kappa shape index (κ3) is 3.21. The molecule has 0 aliphatic rings. The number of imidazole rings is 1. The van der Waals surface area contributed by atoms with Crippen molar-refractivity contribution in [1.29, 1.82) is 0 Å². The number of thioether (sulfide) groups is 1. The number of halogens is 3. The molecule has 0 fully saturated rings. The summed E-state index contributed by atoms with van der Waals surface area (Å²) in [5.74, 6) is -1.29. The van der Waals surface area contributed by atoms with Gasteiger partial charge in [-0.3, -0.25) is 0 Å². The fourth-order valence-corrected chi connectivity index (χ4v) is 2.93. The first-order valence-electron chi connectivity index (χ1n) is 6.30. The van der Waals surface area contributed by atoms with Crippen LogP contribution in [0.15, 0.2) is 35.6 Å². The summed E-state index contributed by atoms with van der Waals surface area (Å²) in [7, 11) is 0. The minimum Gasteiger partial charge on any atom is -0.387 e. The van der Waals surface area contributed by atoms with Crippen LogP contribution in [0.5, 0.6) is 0 Å². The monoisotopic (exact) mass is 341 g/mol. The zero-order chi connectivity index (χ0) is 15.7. The molecule has 4 nitrogen and oxygen atoms in total. The van der Waals surface area contributed by atoms with Crippen molar-refractivity contribution >= 4 is 34.5 Å². The number of nitrogens with one attached hydrogen (secondary N) is 1. The maximum Gasteiger partial charge on any atom is 0.178 e. The number of aliphatic hydroxyl groups is 1. The van der Waals surface area contributed by atoms with Gasteiger partial charge in [0.2, 0.25) is 0 Å². The zero-order valence-electron chi connectivity index (χ0n) is 11.1. The minimum absolute atomic E-state index is 0.0474. The summed E-state index contributed by atoms with van der Waals surface area (Å²) in [5, 5.41) is 11.0. The molecule has 0 bridgehead atoms. The standard InChI is InChI=1S/C14H10ClF2N3OS/c15-7-3-11-13(18-5-7)20-14(19-11)22-6-12(21)9-2-1-8(16)4-10(9)17/h1-5,12,21H,6H2,(H,18,19,20). The van der Waals surface area contributed by atoms with Crippen LogP contribution in [-0.2, 0) is 0 Å². The van der Waals surface area contributed by atoms with Gasteiger partial charge >= 0.3 is 0 Å². The minimum atomic E-state index is -1.07. The lowest BCUT2D eigenvalue weighted by Gasteiger charge is -2.10. The van der Waals surface area contributed by atoms with Crippen LogP contribution in [0.3, 0.4) is 0 Å². The zero-order valence-corrected chi connectivity index (χ0v) is 12.6. The van der Waals surface area contributed by atoms with E-state index in [1.54, 1.807) is 6.07 Å². The molecule has 0 radical (unpaired) electrons. The highest BCUT2D eigenvalue weighted by atomic mass is 35.5. The van der Waals surface area contributed by atoms with Gasteiger partial charge in [0, 0.05) is 23.6 Å². The van der Waals surface area contributed by atoms with Crippen molar-refractivity contribution in [2.75, 3.05) is 5.75 Å². The molecule has 0 aliphatic heterocycles. The summed E-state index contributed by atoms with van der Waals surface area (Å²) in [6.45, 7) is 0. The van der Waals surface area contributed by atoms with Gasteiger partial charge in [0.25, 0.3) is 0 Å². The highest BCUT2D eigenvalue weighted by molar-refractivity contribution is 7.99. The van der Waals surface area contributed by atoms with Crippen molar-refractivity contribution in [2.45, 2.75) is 11.3 Å². The third-order valence-electron chi connectivity index (χ3n) is 2.98. The van der Waals surface area contributed by atoms with Gasteiger partial charge in [0.1, 0.15) is 11.6 Å². The molecular weight excluding hydrogens is 332 g/mol. The molecule has 3 rings (SSSR count). The van der Waals surface area contributed by atoms with Crippen LogP contribution in [0, 0.1) is 11.6 Å². The predicted molar refractivity (Wildman–Crippen MR) is 80.9 cm³/mol. The topological polar surface area (TPSA) is 61.8 Å². The van der Waals surface area contributed by atoms with Crippen LogP contribution in [-0.4, -0.2) is 25.8 Å². The number of hydrogen-bond acceptors (Lipinski definition) is 4. The van der Waals surface area contributed by atoms with Gasteiger partial charge in [0.15, 0.2) is 10.8 Å². The fourth-order valence-electron chi connectivity index (χ4n) is 1.94. The van der Waals surface area contributed by atoms with Gasteiger partial charge in [0.05, 0.1) is 16.6 Å². The molecule has 0 aliphatic carbocycles. The van der Waals surface area contributed by atoms with Crippen LogP contribution in [0.2, 0.25) is 5.02 Å². The molecule has 22 heavy (non-hydrogen) atoms. The van der Waals surface area contributed by atoms with E-state index in [2.05, 4.69) is 15.0 Å². The first-order chi connectivity index (χ1) is 10.5. The molecule has 2 aromatic heterocycles. The predicted octanol–water partition coefficient (Wildman–Crippen LogP) is 3.72. The van der Waals surface area contributed by atoms with Gasteiger partial charge in [-0.1, -0.05) is 29.4 Å². The van der Waals surface area contributed by atoms with Crippen molar-refractivity contribution in [3.05, 3.63) is 52.7 Å². The third-order valence-corrected chi connectivity index (χ3v) is 4.14. The Hall–Kier alpha value is -1.70. The van der Waals surface area contributed by atoms with E-state index in [1.807, 2.05) is 0 Å². The first kappa shape index (κ1) is 15.2. The lowest BCUT2D eigenvalue weighted by Crippen LogP contribution is -2.04.